The first kappa shape index (κ1) is 16.8. The Bertz CT molecular complexity index is 1330. The standard InChI is InChI=1S/C26H22NO/c1-17-12-15-23(27(3)16-17)24-18(2)13-14-22-21-11-7-10-20(25(21)28-26(22)24)19-8-5-4-6-9-19/h4-16H,1-3H3/q+1. The minimum absolute atomic E-state index is 0.949. The molecule has 0 bridgehead atoms. The van der Waals surface area contributed by atoms with Gasteiger partial charge in [0, 0.05) is 28.0 Å². The summed E-state index contributed by atoms with van der Waals surface area (Å²) in [6.45, 7) is 4.27. The van der Waals surface area contributed by atoms with Crippen molar-refractivity contribution < 1.29 is 8.98 Å². The van der Waals surface area contributed by atoms with E-state index in [2.05, 4.69) is 98.4 Å². The average molecular weight is 364 g/mol. The molecule has 2 aromatic heterocycles. The van der Waals surface area contributed by atoms with Gasteiger partial charge in [-0.05, 0) is 31.0 Å². The largest absolute Gasteiger partial charge is 0.454 e. The molecule has 0 atom stereocenters. The summed E-state index contributed by atoms with van der Waals surface area (Å²) < 4.78 is 8.76. The van der Waals surface area contributed by atoms with Crippen LogP contribution in [0.25, 0.3) is 44.3 Å². The number of para-hydroxylation sites is 1. The fraction of sp³-hybridized carbons (Fsp3) is 0.115. The Hall–Kier alpha value is -3.39. The number of hydrogen-bond donors (Lipinski definition) is 0. The third-order valence-electron chi connectivity index (χ3n) is 5.50. The topological polar surface area (TPSA) is 17.0 Å². The van der Waals surface area contributed by atoms with Gasteiger partial charge in [-0.2, -0.15) is 0 Å². The van der Waals surface area contributed by atoms with Gasteiger partial charge in [0.15, 0.2) is 6.20 Å². The summed E-state index contributed by atoms with van der Waals surface area (Å²) >= 11 is 0. The van der Waals surface area contributed by atoms with E-state index in [9.17, 15) is 0 Å². The van der Waals surface area contributed by atoms with Crippen LogP contribution in [0, 0.1) is 13.8 Å². The number of hydrogen-bond acceptors (Lipinski definition) is 1. The molecule has 136 valence electrons. The van der Waals surface area contributed by atoms with Gasteiger partial charge in [0.05, 0.1) is 5.56 Å². The maximum absolute atomic E-state index is 6.58. The number of benzene rings is 3. The molecule has 0 aliphatic carbocycles. The van der Waals surface area contributed by atoms with E-state index in [0.29, 0.717) is 0 Å². The first-order chi connectivity index (χ1) is 13.6. The van der Waals surface area contributed by atoms with Crippen LogP contribution >= 0.6 is 0 Å². The summed E-state index contributed by atoms with van der Waals surface area (Å²) in [5, 5.41) is 2.32. The smallest absolute Gasteiger partial charge is 0.216 e. The monoisotopic (exact) mass is 364 g/mol. The quantitative estimate of drug-likeness (QED) is 0.333. The molecule has 2 nitrogen and oxygen atoms in total. The van der Waals surface area contributed by atoms with Crippen LogP contribution in [0.3, 0.4) is 0 Å². The average Bonchev–Trinajstić information content (AvgIpc) is 3.08. The summed E-state index contributed by atoms with van der Waals surface area (Å²) in [5.74, 6) is 0. The van der Waals surface area contributed by atoms with Gasteiger partial charge in [0.25, 0.3) is 0 Å². The number of rotatable bonds is 2. The molecule has 0 unspecified atom stereocenters. The van der Waals surface area contributed by atoms with Crippen molar-refractivity contribution in [2.24, 2.45) is 7.05 Å². The van der Waals surface area contributed by atoms with Crippen LogP contribution < -0.4 is 4.57 Å². The first-order valence-electron chi connectivity index (χ1n) is 9.60. The van der Waals surface area contributed by atoms with Crippen molar-refractivity contribution in [2.45, 2.75) is 13.8 Å². The Morgan fingerprint density at radius 1 is 0.714 bits per heavy atom. The van der Waals surface area contributed by atoms with Gasteiger partial charge in [-0.1, -0.05) is 60.7 Å². The van der Waals surface area contributed by atoms with Crippen molar-refractivity contribution in [1.29, 1.82) is 0 Å². The van der Waals surface area contributed by atoms with Crippen LogP contribution in [-0.4, -0.2) is 0 Å². The Labute approximate surface area is 164 Å². The normalized spacial score (nSPS) is 11.4. The van der Waals surface area contributed by atoms with Crippen molar-refractivity contribution >= 4 is 21.9 Å². The maximum atomic E-state index is 6.58. The fourth-order valence-corrected chi connectivity index (χ4v) is 4.13. The van der Waals surface area contributed by atoms with Crippen LogP contribution in [-0.2, 0) is 7.05 Å². The molecule has 0 N–H and O–H groups in total. The molecule has 28 heavy (non-hydrogen) atoms. The molecule has 5 aromatic rings. The van der Waals surface area contributed by atoms with Crippen LogP contribution in [0.15, 0.2) is 83.4 Å². The Balaban J connectivity index is 1.87. The molecule has 0 fully saturated rings. The molecule has 0 aliphatic heterocycles. The summed E-state index contributed by atoms with van der Waals surface area (Å²) in [6, 6.07) is 25.6. The number of aromatic nitrogens is 1. The van der Waals surface area contributed by atoms with Crippen molar-refractivity contribution in [3.8, 4) is 22.4 Å². The summed E-state index contributed by atoms with van der Waals surface area (Å²) in [4.78, 5) is 0. The highest BCUT2D eigenvalue weighted by Gasteiger charge is 2.21. The fourth-order valence-electron chi connectivity index (χ4n) is 4.13. The van der Waals surface area contributed by atoms with Gasteiger partial charge in [-0.15, -0.1) is 0 Å². The Morgan fingerprint density at radius 3 is 2.29 bits per heavy atom. The summed E-state index contributed by atoms with van der Waals surface area (Å²) in [5.41, 5.74) is 8.99. The minimum Gasteiger partial charge on any atom is -0.454 e. The summed E-state index contributed by atoms with van der Waals surface area (Å²) in [7, 11) is 2.10. The zero-order valence-electron chi connectivity index (χ0n) is 16.4. The lowest BCUT2D eigenvalue weighted by Gasteiger charge is -2.06. The van der Waals surface area contributed by atoms with E-state index in [1.165, 1.54) is 16.7 Å². The molecular weight excluding hydrogens is 342 g/mol. The van der Waals surface area contributed by atoms with Crippen LogP contribution in [0.2, 0.25) is 0 Å². The lowest BCUT2D eigenvalue weighted by molar-refractivity contribution is -0.660. The molecule has 0 amide bonds. The highest BCUT2D eigenvalue weighted by atomic mass is 16.3. The second-order valence-electron chi connectivity index (χ2n) is 7.49. The number of pyridine rings is 1. The molecular formula is C26H22NO+. The number of aryl methyl sites for hydroxylation is 3. The molecule has 2 heteroatoms. The lowest BCUT2D eigenvalue weighted by atomic mass is 9.99. The number of nitrogens with zero attached hydrogens (tertiary/aromatic N) is 1. The van der Waals surface area contributed by atoms with E-state index >= 15 is 0 Å². The molecule has 2 heterocycles. The maximum Gasteiger partial charge on any atom is 0.216 e. The zero-order chi connectivity index (χ0) is 19.3. The van der Waals surface area contributed by atoms with Crippen LogP contribution in [0.5, 0.6) is 0 Å². The molecule has 3 aromatic carbocycles. The van der Waals surface area contributed by atoms with Gasteiger partial charge in [0.1, 0.15) is 18.2 Å². The van der Waals surface area contributed by atoms with E-state index < -0.39 is 0 Å². The van der Waals surface area contributed by atoms with E-state index in [4.69, 9.17) is 4.42 Å². The van der Waals surface area contributed by atoms with E-state index in [0.717, 1.165) is 38.8 Å². The van der Waals surface area contributed by atoms with Gasteiger partial charge >= 0.3 is 0 Å². The first-order valence-corrected chi connectivity index (χ1v) is 9.60. The van der Waals surface area contributed by atoms with E-state index in [-0.39, 0.29) is 0 Å². The van der Waals surface area contributed by atoms with Gasteiger partial charge in [-0.3, -0.25) is 0 Å². The van der Waals surface area contributed by atoms with Gasteiger partial charge in [0.2, 0.25) is 5.69 Å². The SMILES string of the molecule is Cc1ccc(-c2c(C)ccc3c2oc2c(-c4ccccc4)cccc23)[n+](C)c1. The van der Waals surface area contributed by atoms with Crippen molar-refractivity contribution in [1.82, 2.24) is 0 Å². The highest BCUT2D eigenvalue weighted by molar-refractivity contribution is 6.13. The van der Waals surface area contributed by atoms with Crippen LogP contribution in [0.4, 0.5) is 0 Å². The predicted molar refractivity (Wildman–Crippen MR) is 115 cm³/mol. The van der Waals surface area contributed by atoms with E-state index in [1.54, 1.807) is 0 Å². The molecule has 0 saturated heterocycles. The highest BCUT2D eigenvalue weighted by Crippen LogP contribution is 2.40. The van der Waals surface area contributed by atoms with Crippen LogP contribution in [0.1, 0.15) is 11.1 Å². The molecule has 0 spiro atoms. The third-order valence-corrected chi connectivity index (χ3v) is 5.50. The summed E-state index contributed by atoms with van der Waals surface area (Å²) in [6.07, 6.45) is 2.16. The number of fused-ring (bicyclic) bond motifs is 3. The Morgan fingerprint density at radius 2 is 1.50 bits per heavy atom. The molecule has 0 aliphatic rings. The Kier molecular flexibility index (Phi) is 3.80. The molecule has 0 radical (unpaired) electrons. The second kappa shape index (κ2) is 6.35. The molecule has 5 rings (SSSR count). The van der Waals surface area contributed by atoms with Crippen molar-refractivity contribution in [3.63, 3.8) is 0 Å². The lowest BCUT2D eigenvalue weighted by Crippen LogP contribution is -2.31. The third kappa shape index (κ3) is 2.53. The van der Waals surface area contributed by atoms with Crippen molar-refractivity contribution in [2.75, 3.05) is 0 Å². The zero-order valence-corrected chi connectivity index (χ0v) is 16.4. The van der Waals surface area contributed by atoms with Gasteiger partial charge in [-0.25, -0.2) is 4.57 Å². The second-order valence-corrected chi connectivity index (χ2v) is 7.49. The number of furan rings is 1. The van der Waals surface area contributed by atoms with Gasteiger partial charge < -0.3 is 4.42 Å². The van der Waals surface area contributed by atoms with E-state index in [1.807, 2.05) is 6.07 Å². The minimum atomic E-state index is 0.949. The van der Waals surface area contributed by atoms with Crippen molar-refractivity contribution in [3.05, 3.63) is 90.1 Å². The predicted octanol–water partition coefficient (Wildman–Crippen LogP) is 6.36. The molecule has 0 saturated carbocycles.